The number of hydrogen-bond acceptors (Lipinski definition) is 2. The first-order valence-electron chi connectivity index (χ1n) is 8.02. The minimum Gasteiger partial charge on any atom is -0.312 e. The topological polar surface area (TPSA) is 15.3 Å². The van der Waals surface area contributed by atoms with E-state index in [1.54, 1.807) is 0 Å². The van der Waals surface area contributed by atoms with E-state index in [2.05, 4.69) is 44.8 Å². The van der Waals surface area contributed by atoms with E-state index in [-0.39, 0.29) is 0 Å². The molecule has 1 N–H and O–H groups in total. The second-order valence-corrected chi connectivity index (χ2v) is 7.07. The minimum absolute atomic E-state index is 0.460. The van der Waals surface area contributed by atoms with Crippen LogP contribution < -0.4 is 5.32 Å². The molecule has 2 aliphatic rings. The third-order valence-corrected chi connectivity index (χ3v) is 5.44. The van der Waals surface area contributed by atoms with Gasteiger partial charge in [-0.3, -0.25) is 4.90 Å². The van der Waals surface area contributed by atoms with Gasteiger partial charge in [0.25, 0.3) is 0 Å². The number of likely N-dealkylation sites (tertiary alicyclic amines) is 1. The van der Waals surface area contributed by atoms with E-state index in [4.69, 9.17) is 0 Å². The molecule has 18 heavy (non-hydrogen) atoms. The van der Waals surface area contributed by atoms with Crippen LogP contribution in [0.3, 0.4) is 0 Å². The molecule has 2 fully saturated rings. The predicted molar refractivity (Wildman–Crippen MR) is 78.9 cm³/mol. The number of hydrogen-bond donors (Lipinski definition) is 1. The lowest BCUT2D eigenvalue weighted by molar-refractivity contribution is 0.0985. The fourth-order valence-corrected chi connectivity index (χ4v) is 4.42. The highest BCUT2D eigenvalue weighted by Gasteiger charge is 2.47. The molecule has 1 saturated carbocycles. The van der Waals surface area contributed by atoms with Crippen LogP contribution in [0.5, 0.6) is 0 Å². The van der Waals surface area contributed by atoms with Gasteiger partial charge in [-0.15, -0.1) is 0 Å². The molecule has 4 atom stereocenters. The van der Waals surface area contributed by atoms with Crippen LogP contribution in [0, 0.1) is 5.41 Å². The van der Waals surface area contributed by atoms with Crippen molar-refractivity contribution in [3.8, 4) is 0 Å². The number of likely N-dealkylation sites (N-methyl/N-ethyl adjacent to an activating group) is 1. The molecular formula is C16H32N2. The van der Waals surface area contributed by atoms with Crippen LogP contribution in [0.2, 0.25) is 0 Å². The molecule has 4 unspecified atom stereocenters. The maximum absolute atomic E-state index is 3.79. The highest BCUT2D eigenvalue weighted by molar-refractivity contribution is 5.04. The van der Waals surface area contributed by atoms with E-state index >= 15 is 0 Å². The Morgan fingerprint density at radius 1 is 1.17 bits per heavy atom. The fraction of sp³-hybridized carbons (Fsp3) is 1.00. The van der Waals surface area contributed by atoms with Gasteiger partial charge in [-0.25, -0.2) is 0 Å². The largest absolute Gasteiger partial charge is 0.312 e. The van der Waals surface area contributed by atoms with Gasteiger partial charge in [0.2, 0.25) is 0 Å². The van der Waals surface area contributed by atoms with Crippen molar-refractivity contribution in [3.63, 3.8) is 0 Å². The molecule has 0 aromatic heterocycles. The van der Waals surface area contributed by atoms with Crippen molar-refractivity contribution < 1.29 is 0 Å². The van der Waals surface area contributed by atoms with Gasteiger partial charge in [0.15, 0.2) is 0 Å². The molecule has 1 aliphatic heterocycles. The van der Waals surface area contributed by atoms with Gasteiger partial charge in [-0.1, -0.05) is 27.7 Å². The SMILES string of the molecule is CCNC1C(N2C(C)CCC2CC)CCC1(C)C. The normalized spacial score (nSPS) is 40.5. The van der Waals surface area contributed by atoms with Crippen LogP contribution in [0.4, 0.5) is 0 Å². The molecule has 0 aromatic carbocycles. The molecule has 1 heterocycles. The van der Waals surface area contributed by atoms with E-state index in [1.165, 1.54) is 32.1 Å². The molecule has 1 aliphatic carbocycles. The summed E-state index contributed by atoms with van der Waals surface area (Å²) in [6, 6.07) is 3.06. The molecule has 0 aromatic rings. The van der Waals surface area contributed by atoms with Crippen LogP contribution in [0.15, 0.2) is 0 Å². The van der Waals surface area contributed by atoms with Crippen molar-refractivity contribution >= 4 is 0 Å². The first-order valence-corrected chi connectivity index (χ1v) is 8.02. The molecular weight excluding hydrogens is 220 g/mol. The Morgan fingerprint density at radius 2 is 1.89 bits per heavy atom. The minimum atomic E-state index is 0.460. The summed E-state index contributed by atoms with van der Waals surface area (Å²) in [5.74, 6) is 0. The van der Waals surface area contributed by atoms with Crippen molar-refractivity contribution in [2.24, 2.45) is 5.41 Å². The number of rotatable bonds is 4. The standard InChI is InChI=1S/C16H32N2/c1-6-13-9-8-12(3)18(13)14-10-11-16(4,5)15(14)17-7-2/h12-15,17H,6-11H2,1-5H3. The van der Waals surface area contributed by atoms with Gasteiger partial charge >= 0.3 is 0 Å². The summed E-state index contributed by atoms with van der Waals surface area (Å²) < 4.78 is 0. The monoisotopic (exact) mass is 252 g/mol. The first kappa shape index (κ1) is 14.3. The number of nitrogens with zero attached hydrogens (tertiary/aromatic N) is 1. The molecule has 2 heteroatoms. The Hall–Kier alpha value is -0.0800. The van der Waals surface area contributed by atoms with Crippen molar-refractivity contribution in [2.45, 2.75) is 90.9 Å². The summed E-state index contributed by atoms with van der Waals surface area (Å²) in [4.78, 5) is 2.86. The van der Waals surface area contributed by atoms with Crippen molar-refractivity contribution in [2.75, 3.05) is 6.54 Å². The Balaban J connectivity index is 2.15. The van der Waals surface area contributed by atoms with Crippen LogP contribution in [-0.4, -0.2) is 35.6 Å². The van der Waals surface area contributed by atoms with Gasteiger partial charge < -0.3 is 5.32 Å². The Labute approximate surface area is 114 Å². The molecule has 0 amide bonds. The van der Waals surface area contributed by atoms with Crippen LogP contribution in [0.25, 0.3) is 0 Å². The van der Waals surface area contributed by atoms with Gasteiger partial charge in [0.05, 0.1) is 0 Å². The van der Waals surface area contributed by atoms with E-state index in [9.17, 15) is 0 Å². The van der Waals surface area contributed by atoms with Crippen LogP contribution in [0.1, 0.15) is 66.7 Å². The maximum Gasteiger partial charge on any atom is 0.0274 e. The first-order chi connectivity index (χ1) is 8.51. The average molecular weight is 252 g/mol. The summed E-state index contributed by atoms with van der Waals surface area (Å²) in [5, 5.41) is 3.79. The summed E-state index contributed by atoms with van der Waals surface area (Å²) in [5.41, 5.74) is 0.460. The molecule has 0 radical (unpaired) electrons. The van der Waals surface area contributed by atoms with E-state index in [0.717, 1.165) is 24.7 Å². The molecule has 0 spiro atoms. The lowest BCUT2D eigenvalue weighted by Crippen LogP contribution is -2.54. The summed E-state index contributed by atoms with van der Waals surface area (Å²) in [6.45, 7) is 13.0. The lowest BCUT2D eigenvalue weighted by atomic mass is 9.86. The van der Waals surface area contributed by atoms with E-state index in [0.29, 0.717) is 11.5 Å². The molecule has 2 nitrogen and oxygen atoms in total. The average Bonchev–Trinajstić information content (AvgIpc) is 2.82. The number of nitrogens with one attached hydrogen (secondary N) is 1. The third-order valence-electron chi connectivity index (χ3n) is 5.44. The highest BCUT2D eigenvalue weighted by Crippen LogP contribution is 2.43. The van der Waals surface area contributed by atoms with Crippen molar-refractivity contribution in [3.05, 3.63) is 0 Å². The second kappa shape index (κ2) is 5.50. The Kier molecular flexibility index (Phi) is 4.38. The zero-order valence-corrected chi connectivity index (χ0v) is 13.0. The third kappa shape index (κ3) is 2.46. The highest BCUT2D eigenvalue weighted by atomic mass is 15.3. The fourth-order valence-electron chi connectivity index (χ4n) is 4.42. The second-order valence-electron chi connectivity index (χ2n) is 7.07. The van der Waals surface area contributed by atoms with Gasteiger partial charge in [-0.2, -0.15) is 0 Å². The van der Waals surface area contributed by atoms with Gasteiger partial charge in [0, 0.05) is 24.2 Å². The zero-order valence-electron chi connectivity index (χ0n) is 13.0. The summed E-state index contributed by atoms with van der Waals surface area (Å²) in [6.07, 6.45) is 6.88. The van der Waals surface area contributed by atoms with Crippen molar-refractivity contribution in [1.29, 1.82) is 0 Å². The smallest absolute Gasteiger partial charge is 0.0274 e. The zero-order chi connectivity index (χ0) is 13.3. The Bertz CT molecular complexity index is 274. The van der Waals surface area contributed by atoms with Crippen molar-refractivity contribution in [1.82, 2.24) is 10.2 Å². The van der Waals surface area contributed by atoms with Gasteiger partial charge in [0.1, 0.15) is 0 Å². The summed E-state index contributed by atoms with van der Waals surface area (Å²) in [7, 11) is 0. The quantitative estimate of drug-likeness (QED) is 0.825. The molecule has 106 valence electrons. The van der Waals surface area contributed by atoms with Crippen LogP contribution in [-0.2, 0) is 0 Å². The lowest BCUT2D eigenvalue weighted by Gasteiger charge is -2.40. The maximum atomic E-state index is 3.79. The molecule has 0 bridgehead atoms. The predicted octanol–water partition coefficient (Wildman–Crippen LogP) is 3.42. The molecule has 1 saturated heterocycles. The van der Waals surface area contributed by atoms with E-state index in [1.807, 2.05) is 0 Å². The van der Waals surface area contributed by atoms with E-state index < -0.39 is 0 Å². The van der Waals surface area contributed by atoms with Gasteiger partial charge in [-0.05, 0) is 51.0 Å². The Morgan fingerprint density at radius 3 is 2.50 bits per heavy atom. The van der Waals surface area contributed by atoms with Crippen LogP contribution >= 0.6 is 0 Å². The summed E-state index contributed by atoms with van der Waals surface area (Å²) >= 11 is 0. The molecule has 2 rings (SSSR count).